The highest BCUT2D eigenvalue weighted by molar-refractivity contribution is 7.17. The van der Waals surface area contributed by atoms with Crippen LogP contribution in [0.5, 0.6) is 0 Å². The summed E-state index contributed by atoms with van der Waals surface area (Å²) in [4.78, 5) is 28.0. The van der Waals surface area contributed by atoms with Gasteiger partial charge in [0.15, 0.2) is 5.13 Å². The molecule has 0 spiro atoms. The van der Waals surface area contributed by atoms with Gasteiger partial charge in [0.2, 0.25) is 5.91 Å². The van der Waals surface area contributed by atoms with E-state index < -0.39 is 5.97 Å². The van der Waals surface area contributed by atoms with Crippen LogP contribution in [0.2, 0.25) is 0 Å². The van der Waals surface area contributed by atoms with Crippen LogP contribution < -0.4 is 4.90 Å². The second-order valence-corrected chi connectivity index (χ2v) is 4.36. The zero-order valence-corrected chi connectivity index (χ0v) is 10.3. The standard InChI is InChI=1S/C10H14N2O3S/c1-4-5-12(7(3)13)10-11-6(2)8(16-10)9(14)15/h4-5H2,1-3H3,(H,14,15). The third-order valence-corrected chi connectivity index (χ3v) is 3.21. The highest BCUT2D eigenvalue weighted by Gasteiger charge is 2.19. The number of hydrogen-bond acceptors (Lipinski definition) is 4. The molecule has 0 fully saturated rings. The summed E-state index contributed by atoms with van der Waals surface area (Å²) in [6, 6.07) is 0. The fourth-order valence-corrected chi connectivity index (χ4v) is 2.28. The molecule has 0 saturated heterocycles. The van der Waals surface area contributed by atoms with E-state index in [0.29, 0.717) is 17.4 Å². The van der Waals surface area contributed by atoms with Crippen LogP contribution in [-0.2, 0) is 4.79 Å². The van der Waals surface area contributed by atoms with Crippen LogP contribution in [0.15, 0.2) is 0 Å². The summed E-state index contributed by atoms with van der Waals surface area (Å²) in [5, 5.41) is 9.36. The third kappa shape index (κ3) is 2.57. The van der Waals surface area contributed by atoms with Crippen molar-refractivity contribution in [2.45, 2.75) is 27.2 Å². The van der Waals surface area contributed by atoms with E-state index in [1.165, 1.54) is 11.8 Å². The number of carbonyl (C=O) groups is 2. The van der Waals surface area contributed by atoms with Crippen molar-refractivity contribution < 1.29 is 14.7 Å². The first-order valence-electron chi connectivity index (χ1n) is 4.96. The molecule has 1 amide bonds. The molecular formula is C10H14N2O3S. The Balaban J connectivity index is 3.06. The molecule has 1 N–H and O–H groups in total. The number of rotatable bonds is 4. The quantitative estimate of drug-likeness (QED) is 0.875. The Hall–Kier alpha value is -1.43. The van der Waals surface area contributed by atoms with Gasteiger partial charge >= 0.3 is 5.97 Å². The molecule has 1 aromatic rings. The van der Waals surface area contributed by atoms with Gasteiger partial charge < -0.3 is 5.11 Å². The zero-order valence-electron chi connectivity index (χ0n) is 9.48. The number of carboxylic acid groups (broad SMARTS) is 1. The average Bonchev–Trinajstić information content (AvgIpc) is 2.56. The van der Waals surface area contributed by atoms with Crippen molar-refractivity contribution in [1.29, 1.82) is 0 Å². The Morgan fingerprint density at radius 1 is 1.50 bits per heavy atom. The molecule has 0 aliphatic carbocycles. The molecule has 1 heterocycles. The minimum atomic E-state index is -0.999. The number of carboxylic acids is 1. The molecule has 88 valence electrons. The normalized spacial score (nSPS) is 10.2. The summed E-state index contributed by atoms with van der Waals surface area (Å²) in [6.07, 6.45) is 0.806. The molecule has 0 aromatic carbocycles. The summed E-state index contributed by atoms with van der Waals surface area (Å²) in [5.41, 5.74) is 0.454. The van der Waals surface area contributed by atoms with E-state index in [1.807, 2.05) is 6.92 Å². The smallest absolute Gasteiger partial charge is 0.347 e. The molecule has 1 rings (SSSR count). The fourth-order valence-electron chi connectivity index (χ4n) is 1.31. The summed E-state index contributed by atoms with van der Waals surface area (Å²) in [5.74, 6) is -1.12. The predicted molar refractivity (Wildman–Crippen MR) is 62.1 cm³/mol. The Kier molecular flexibility index (Phi) is 4.00. The monoisotopic (exact) mass is 242 g/mol. The van der Waals surface area contributed by atoms with E-state index >= 15 is 0 Å². The largest absolute Gasteiger partial charge is 0.477 e. The van der Waals surface area contributed by atoms with Crippen molar-refractivity contribution in [3.8, 4) is 0 Å². The maximum atomic E-state index is 11.4. The van der Waals surface area contributed by atoms with Crippen molar-refractivity contribution in [3.05, 3.63) is 10.6 Å². The summed E-state index contributed by atoms with van der Waals surface area (Å²) in [6.45, 7) is 5.59. The molecule has 1 aromatic heterocycles. The molecule has 16 heavy (non-hydrogen) atoms. The number of aromatic carboxylic acids is 1. The van der Waals surface area contributed by atoms with Gasteiger partial charge in [-0.3, -0.25) is 9.69 Å². The van der Waals surface area contributed by atoms with Crippen LogP contribution in [-0.4, -0.2) is 28.5 Å². The number of thiazole rings is 1. The van der Waals surface area contributed by atoms with Gasteiger partial charge in [0.05, 0.1) is 5.69 Å². The third-order valence-electron chi connectivity index (χ3n) is 2.04. The van der Waals surface area contributed by atoms with Crippen molar-refractivity contribution in [3.63, 3.8) is 0 Å². The second kappa shape index (κ2) is 5.07. The van der Waals surface area contributed by atoms with Gasteiger partial charge in [-0.15, -0.1) is 0 Å². The van der Waals surface area contributed by atoms with Gasteiger partial charge in [-0.2, -0.15) is 0 Å². The van der Waals surface area contributed by atoms with Crippen LogP contribution in [0, 0.1) is 6.92 Å². The van der Waals surface area contributed by atoms with Crippen molar-refractivity contribution in [1.82, 2.24) is 4.98 Å². The van der Waals surface area contributed by atoms with Crippen molar-refractivity contribution >= 4 is 28.3 Å². The van der Waals surface area contributed by atoms with Crippen molar-refractivity contribution in [2.75, 3.05) is 11.4 Å². The predicted octanol–water partition coefficient (Wildman–Crippen LogP) is 1.91. The van der Waals surface area contributed by atoms with Gasteiger partial charge in [-0.1, -0.05) is 18.3 Å². The maximum Gasteiger partial charge on any atom is 0.347 e. The Morgan fingerprint density at radius 3 is 2.50 bits per heavy atom. The van der Waals surface area contributed by atoms with Crippen LogP contribution >= 0.6 is 11.3 Å². The van der Waals surface area contributed by atoms with Crippen LogP contribution in [0.4, 0.5) is 5.13 Å². The molecule has 6 heteroatoms. The molecule has 0 aliphatic heterocycles. The first kappa shape index (κ1) is 12.6. The Morgan fingerprint density at radius 2 is 2.12 bits per heavy atom. The first-order chi connectivity index (χ1) is 7.47. The highest BCUT2D eigenvalue weighted by Crippen LogP contribution is 2.26. The lowest BCUT2D eigenvalue weighted by Gasteiger charge is -2.16. The Labute approximate surface area is 97.7 Å². The number of hydrogen-bond donors (Lipinski definition) is 1. The van der Waals surface area contributed by atoms with Gasteiger partial charge in [-0.25, -0.2) is 9.78 Å². The molecule has 0 aliphatic rings. The van der Waals surface area contributed by atoms with E-state index in [1.54, 1.807) is 6.92 Å². The minimum Gasteiger partial charge on any atom is -0.477 e. The molecule has 0 atom stereocenters. The van der Waals surface area contributed by atoms with Gasteiger partial charge in [0, 0.05) is 13.5 Å². The lowest BCUT2D eigenvalue weighted by molar-refractivity contribution is -0.116. The molecule has 0 radical (unpaired) electrons. The van der Waals surface area contributed by atoms with E-state index in [9.17, 15) is 9.59 Å². The number of anilines is 1. The Bertz CT molecular complexity index is 414. The first-order valence-corrected chi connectivity index (χ1v) is 5.77. The van der Waals surface area contributed by atoms with Crippen molar-refractivity contribution in [2.24, 2.45) is 0 Å². The van der Waals surface area contributed by atoms with Gasteiger partial charge in [-0.05, 0) is 13.3 Å². The number of aryl methyl sites for hydroxylation is 1. The van der Waals surface area contributed by atoms with E-state index in [0.717, 1.165) is 17.8 Å². The molecule has 0 bridgehead atoms. The number of carbonyl (C=O) groups excluding carboxylic acids is 1. The molecule has 0 unspecified atom stereocenters. The fraction of sp³-hybridized carbons (Fsp3) is 0.500. The minimum absolute atomic E-state index is 0.118. The number of aromatic nitrogens is 1. The van der Waals surface area contributed by atoms with Gasteiger partial charge in [0.25, 0.3) is 0 Å². The maximum absolute atomic E-state index is 11.4. The molecule has 0 saturated carbocycles. The number of nitrogens with zero attached hydrogens (tertiary/aromatic N) is 2. The van der Waals surface area contributed by atoms with E-state index in [-0.39, 0.29) is 10.8 Å². The molecular weight excluding hydrogens is 228 g/mol. The zero-order chi connectivity index (χ0) is 12.3. The SMILES string of the molecule is CCCN(C(C)=O)c1nc(C)c(C(=O)O)s1. The summed E-state index contributed by atoms with van der Waals surface area (Å²) in [7, 11) is 0. The lowest BCUT2D eigenvalue weighted by Crippen LogP contribution is -2.28. The highest BCUT2D eigenvalue weighted by atomic mass is 32.1. The average molecular weight is 242 g/mol. The van der Waals surface area contributed by atoms with Crippen LogP contribution in [0.3, 0.4) is 0 Å². The van der Waals surface area contributed by atoms with E-state index in [2.05, 4.69) is 4.98 Å². The second-order valence-electron chi connectivity index (χ2n) is 3.39. The van der Waals surface area contributed by atoms with Crippen LogP contribution in [0.25, 0.3) is 0 Å². The summed E-state index contributed by atoms with van der Waals surface area (Å²) < 4.78 is 0. The van der Waals surface area contributed by atoms with Crippen LogP contribution in [0.1, 0.15) is 35.6 Å². The number of amides is 1. The van der Waals surface area contributed by atoms with E-state index in [4.69, 9.17) is 5.11 Å². The topological polar surface area (TPSA) is 70.5 Å². The van der Waals surface area contributed by atoms with Gasteiger partial charge in [0.1, 0.15) is 4.88 Å². The summed E-state index contributed by atoms with van der Waals surface area (Å²) >= 11 is 1.04. The lowest BCUT2D eigenvalue weighted by atomic mass is 10.4. The molecule has 5 nitrogen and oxygen atoms in total.